The second kappa shape index (κ2) is 10.1. The van der Waals surface area contributed by atoms with E-state index in [9.17, 15) is 14.7 Å². The van der Waals surface area contributed by atoms with E-state index < -0.39 is 5.97 Å². The number of fused-ring (bicyclic) bond motifs is 1. The number of hydrogen-bond donors (Lipinski definition) is 2. The molecule has 4 rings (SSSR count). The van der Waals surface area contributed by atoms with Gasteiger partial charge in [0.2, 0.25) is 0 Å². The molecule has 0 aliphatic rings. The first-order valence-corrected chi connectivity index (χ1v) is 11.2. The molecular formula is C26H21Cl2NO4. The highest BCUT2D eigenvalue weighted by Gasteiger charge is 2.19. The van der Waals surface area contributed by atoms with Gasteiger partial charge < -0.3 is 14.8 Å². The Morgan fingerprint density at radius 3 is 2.45 bits per heavy atom. The molecule has 1 heterocycles. The number of aromatic nitrogens is 1. The Labute approximate surface area is 200 Å². The lowest BCUT2D eigenvalue weighted by molar-refractivity contribution is -0.144. The molecular weight excluding hydrogens is 461 g/mol. The van der Waals surface area contributed by atoms with Crippen LogP contribution in [0, 0.1) is 0 Å². The van der Waals surface area contributed by atoms with Crippen LogP contribution >= 0.6 is 23.2 Å². The zero-order valence-corrected chi connectivity index (χ0v) is 19.1. The SMILES string of the molecule is O=C(CCc1c(Cc2ccccc2C(=O)O)[nH]c2cc(Cl)cc(Cl)c12)OCc1ccccc1. The van der Waals surface area contributed by atoms with Crippen molar-refractivity contribution in [2.24, 2.45) is 0 Å². The Morgan fingerprint density at radius 1 is 0.970 bits per heavy atom. The number of carbonyl (C=O) groups excluding carboxylic acids is 1. The van der Waals surface area contributed by atoms with Gasteiger partial charge >= 0.3 is 11.9 Å². The van der Waals surface area contributed by atoms with E-state index in [0.717, 1.165) is 27.7 Å². The minimum atomic E-state index is -0.992. The van der Waals surface area contributed by atoms with E-state index in [1.54, 1.807) is 36.4 Å². The highest BCUT2D eigenvalue weighted by Crippen LogP contribution is 2.34. The number of aromatic amines is 1. The third kappa shape index (κ3) is 5.38. The van der Waals surface area contributed by atoms with Crippen molar-refractivity contribution < 1.29 is 19.4 Å². The van der Waals surface area contributed by atoms with Crippen molar-refractivity contribution in [3.8, 4) is 0 Å². The highest BCUT2D eigenvalue weighted by atomic mass is 35.5. The lowest BCUT2D eigenvalue weighted by Gasteiger charge is -2.09. The molecule has 2 N–H and O–H groups in total. The first-order valence-electron chi connectivity index (χ1n) is 10.4. The molecule has 33 heavy (non-hydrogen) atoms. The Balaban J connectivity index is 1.60. The van der Waals surface area contributed by atoms with Crippen LogP contribution in [0.4, 0.5) is 0 Å². The van der Waals surface area contributed by atoms with Crippen LogP contribution in [0.5, 0.6) is 0 Å². The van der Waals surface area contributed by atoms with Crippen molar-refractivity contribution in [1.29, 1.82) is 0 Å². The van der Waals surface area contributed by atoms with Crippen LogP contribution in [0.3, 0.4) is 0 Å². The molecule has 0 unspecified atom stereocenters. The van der Waals surface area contributed by atoms with Crippen LogP contribution in [-0.4, -0.2) is 22.0 Å². The highest BCUT2D eigenvalue weighted by molar-refractivity contribution is 6.38. The van der Waals surface area contributed by atoms with E-state index >= 15 is 0 Å². The summed E-state index contributed by atoms with van der Waals surface area (Å²) in [5, 5.41) is 11.3. The van der Waals surface area contributed by atoms with E-state index in [1.807, 2.05) is 30.3 Å². The summed E-state index contributed by atoms with van der Waals surface area (Å²) in [5.74, 6) is -1.32. The number of ether oxygens (including phenoxy) is 1. The van der Waals surface area contributed by atoms with E-state index in [2.05, 4.69) is 4.98 Å². The van der Waals surface area contributed by atoms with Crippen molar-refractivity contribution in [2.75, 3.05) is 0 Å². The number of aromatic carboxylic acids is 1. The summed E-state index contributed by atoms with van der Waals surface area (Å²) in [6, 6.07) is 19.8. The molecule has 5 nitrogen and oxygen atoms in total. The molecule has 7 heteroatoms. The first-order chi connectivity index (χ1) is 15.9. The van der Waals surface area contributed by atoms with Gasteiger partial charge in [0, 0.05) is 34.5 Å². The minimum absolute atomic E-state index is 0.159. The number of carboxylic acids is 1. The molecule has 3 aromatic carbocycles. The number of rotatable bonds is 8. The molecule has 1 aromatic heterocycles. The largest absolute Gasteiger partial charge is 0.478 e. The van der Waals surface area contributed by atoms with Crippen molar-refractivity contribution in [1.82, 2.24) is 4.98 Å². The van der Waals surface area contributed by atoms with Gasteiger partial charge in [0.05, 0.1) is 10.6 Å². The minimum Gasteiger partial charge on any atom is -0.478 e. The maximum absolute atomic E-state index is 12.4. The van der Waals surface area contributed by atoms with Crippen molar-refractivity contribution in [2.45, 2.75) is 25.9 Å². The predicted octanol–water partition coefficient (Wildman–Crippen LogP) is 6.44. The molecule has 0 atom stereocenters. The van der Waals surface area contributed by atoms with E-state index in [-0.39, 0.29) is 24.6 Å². The normalized spacial score (nSPS) is 11.0. The van der Waals surface area contributed by atoms with Crippen molar-refractivity contribution in [3.63, 3.8) is 0 Å². The van der Waals surface area contributed by atoms with E-state index in [0.29, 0.717) is 28.5 Å². The second-order valence-electron chi connectivity index (χ2n) is 7.68. The fourth-order valence-electron chi connectivity index (χ4n) is 3.91. The van der Waals surface area contributed by atoms with Crippen LogP contribution in [-0.2, 0) is 29.0 Å². The summed E-state index contributed by atoms with van der Waals surface area (Å²) in [7, 11) is 0. The van der Waals surface area contributed by atoms with Crippen LogP contribution in [0.2, 0.25) is 10.0 Å². The number of aryl methyl sites for hydroxylation is 1. The van der Waals surface area contributed by atoms with Crippen LogP contribution in [0.15, 0.2) is 66.7 Å². The van der Waals surface area contributed by atoms with E-state index in [1.165, 1.54) is 0 Å². The summed E-state index contributed by atoms with van der Waals surface area (Å²) in [6.45, 7) is 0.211. The molecule has 0 bridgehead atoms. The molecule has 168 valence electrons. The van der Waals surface area contributed by atoms with Crippen LogP contribution in [0.1, 0.15) is 39.2 Å². The van der Waals surface area contributed by atoms with Gasteiger partial charge in [-0.3, -0.25) is 4.79 Å². The number of esters is 1. The third-order valence-corrected chi connectivity index (χ3v) is 5.96. The van der Waals surface area contributed by atoms with Crippen LogP contribution in [0.25, 0.3) is 10.9 Å². The summed E-state index contributed by atoms with van der Waals surface area (Å²) in [5.41, 5.74) is 4.19. The fraction of sp³-hybridized carbons (Fsp3) is 0.154. The maximum Gasteiger partial charge on any atom is 0.335 e. The summed E-state index contributed by atoms with van der Waals surface area (Å²) >= 11 is 12.7. The average molecular weight is 482 g/mol. The fourth-order valence-corrected chi connectivity index (χ4v) is 4.51. The van der Waals surface area contributed by atoms with E-state index in [4.69, 9.17) is 27.9 Å². The number of benzene rings is 3. The predicted molar refractivity (Wildman–Crippen MR) is 129 cm³/mol. The molecule has 0 spiro atoms. The van der Waals surface area contributed by atoms with Gasteiger partial charge in [0.15, 0.2) is 0 Å². The Hall–Kier alpha value is -3.28. The molecule has 0 saturated carbocycles. The molecule has 0 saturated heterocycles. The Bertz CT molecular complexity index is 1310. The number of H-pyrrole nitrogens is 1. The Morgan fingerprint density at radius 2 is 1.70 bits per heavy atom. The third-order valence-electron chi connectivity index (χ3n) is 5.44. The first kappa shape index (κ1) is 22.9. The molecule has 0 amide bonds. The van der Waals surface area contributed by atoms with Gasteiger partial charge in [-0.05, 0) is 41.3 Å². The lowest BCUT2D eigenvalue weighted by atomic mass is 9.98. The quantitative estimate of drug-likeness (QED) is 0.283. The monoisotopic (exact) mass is 481 g/mol. The van der Waals surface area contributed by atoms with Gasteiger partial charge in [-0.1, -0.05) is 71.7 Å². The maximum atomic E-state index is 12.4. The summed E-state index contributed by atoms with van der Waals surface area (Å²) in [4.78, 5) is 27.4. The van der Waals surface area contributed by atoms with Gasteiger partial charge in [-0.25, -0.2) is 4.79 Å². The molecule has 0 aliphatic carbocycles. The summed E-state index contributed by atoms with van der Waals surface area (Å²) in [6.07, 6.45) is 0.894. The van der Waals surface area contributed by atoms with Gasteiger partial charge in [-0.15, -0.1) is 0 Å². The molecule has 0 fully saturated rings. The smallest absolute Gasteiger partial charge is 0.335 e. The molecule has 0 radical (unpaired) electrons. The van der Waals surface area contributed by atoms with Crippen LogP contribution < -0.4 is 0 Å². The zero-order chi connectivity index (χ0) is 23.4. The second-order valence-corrected chi connectivity index (χ2v) is 8.52. The molecule has 0 aliphatic heterocycles. The van der Waals surface area contributed by atoms with Gasteiger partial charge in [-0.2, -0.15) is 0 Å². The lowest BCUT2D eigenvalue weighted by Crippen LogP contribution is -2.07. The molecule has 4 aromatic rings. The number of nitrogens with one attached hydrogen (secondary N) is 1. The van der Waals surface area contributed by atoms with Crippen molar-refractivity contribution >= 4 is 46.0 Å². The Kier molecular flexibility index (Phi) is 7.02. The number of carboxylic acid groups (broad SMARTS) is 1. The zero-order valence-electron chi connectivity index (χ0n) is 17.6. The average Bonchev–Trinajstić information content (AvgIpc) is 3.14. The number of carbonyl (C=O) groups is 2. The standard InChI is InChI=1S/C26H21Cl2NO4/c27-18-13-21(28)25-20(10-11-24(30)33-15-16-6-2-1-3-7-16)22(29-23(25)14-18)12-17-8-4-5-9-19(17)26(31)32/h1-9,13-14,29H,10-12,15H2,(H,31,32). The van der Waals surface area contributed by atoms with Gasteiger partial charge in [0.25, 0.3) is 0 Å². The number of halogens is 2. The number of hydrogen-bond acceptors (Lipinski definition) is 3. The topological polar surface area (TPSA) is 79.4 Å². The van der Waals surface area contributed by atoms with Crippen molar-refractivity contribution in [3.05, 3.63) is 105 Å². The summed E-state index contributed by atoms with van der Waals surface area (Å²) < 4.78 is 5.42. The van der Waals surface area contributed by atoms with Gasteiger partial charge in [0.1, 0.15) is 6.61 Å².